The van der Waals surface area contributed by atoms with E-state index in [2.05, 4.69) is 15.6 Å². The first kappa shape index (κ1) is 17.1. The summed E-state index contributed by atoms with van der Waals surface area (Å²) in [6, 6.07) is 7.76. The van der Waals surface area contributed by atoms with Crippen LogP contribution in [0.2, 0.25) is 0 Å². The van der Waals surface area contributed by atoms with Crippen LogP contribution in [-0.4, -0.2) is 36.3 Å². The molecule has 0 aliphatic rings. The maximum Gasteiger partial charge on any atom is 0.238 e. The molecule has 0 saturated heterocycles. The minimum absolute atomic E-state index is 0.0376. The van der Waals surface area contributed by atoms with Crippen LogP contribution in [0.25, 0.3) is 0 Å². The molecule has 21 heavy (non-hydrogen) atoms. The lowest BCUT2D eigenvalue weighted by Gasteiger charge is -2.19. The third-order valence-corrected chi connectivity index (χ3v) is 3.14. The van der Waals surface area contributed by atoms with E-state index in [-0.39, 0.29) is 18.2 Å². The molecule has 0 heterocycles. The topological polar surface area (TPSA) is 87.5 Å². The summed E-state index contributed by atoms with van der Waals surface area (Å²) in [5, 5.41) is 2.80. The van der Waals surface area contributed by atoms with E-state index in [1.807, 2.05) is 38.1 Å². The summed E-state index contributed by atoms with van der Waals surface area (Å²) >= 11 is 0. The van der Waals surface area contributed by atoms with Crippen molar-refractivity contribution < 1.29 is 9.59 Å². The molecule has 1 aromatic carbocycles. The fourth-order valence-corrected chi connectivity index (χ4v) is 1.99. The molecule has 0 aromatic heterocycles. The van der Waals surface area contributed by atoms with Crippen LogP contribution >= 0.6 is 0 Å². The Morgan fingerprint density at radius 1 is 1.10 bits per heavy atom. The highest BCUT2D eigenvalue weighted by atomic mass is 16.2. The van der Waals surface area contributed by atoms with Gasteiger partial charge in [-0.05, 0) is 24.6 Å². The number of benzene rings is 1. The predicted octanol–water partition coefficient (Wildman–Crippen LogP) is 0.177. The third kappa shape index (κ3) is 6.37. The number of rotatable bonds is 8. The molecule has 0 atom stereocenters. The number of hydrazine groups is 1. The van der Waals surface area contributed by atoms with E-state index in [0.717, 1.165) is 17.7 Å². The molecule has 6 heteroatoms. The van der Waals surface area contributed by atoms with Crippen LogP contribution in [0.15, 0.2) is 24.3 Å². The summed E-state index contributed by atoms with van der Waals surface area (Å²) in [6.07, 6.45) is 0.271. The predicted molar refractivity (Wildman–Crippen MR) is 82.1 cm³/mol. The summed E-state index contributed by atoms with van der Waals surface area (Å²) in [5.74, 6) is 4.88. The van der Waals surface area contributed by atoms with Gasteiger partial charge in [0, 0.05) is 13.1 Å². The Labute approximate surface area is 125 Å². The Balaban J connectivity index is 2.56. The van der Waals surface area contributed by atoms with Gasteiger partial charge in [0.25, 0.3) is 0 Å². The molecule has 0 bridgehead atoms. The molecule has 4 N–H and O–H groups in total. The van der Waals surface area contributed by atoms with E-state index >= 15 is 0 Å². The van der Waals surface area contributed by atoms with Gasteiger partial charge in [-0.1, -0.05) is 31.2 Å². The van der Waals surface area contributed by atoms with Crippen LogP contribution in [-0.2, 0) is 22.6 Å². The van der Waals surface area contributed by atoms with Gasteiger partial charge in [0.2, 0.25) is 11.8 Å². The number of hydrogen-bond donors (Lipinski definition) is 3. The van der Waals surface area contributed by atoms with Crippen molar-refractivity contribution in [3.05, 3.63) is 35.4 Å². The van der Waals surface area contributed by atoms with Crippen molar-refractivity contribution >= 4 is 11.8 Å². The maximum atomic E-state index is 11.6. The van der Waals surface area contributed by atoms with Gasteiger partial charge in [-0.25, -0.2) is 5.84 Å². The number of carbonyl (C=O) groups excluding carboxylic acids is 2. The maximum absolute atomic E-state index is 11.6. The number of carbonyl (C=O) groups is 2. The summed E-state index contributed by atoms with van der Waals surface area (Å²) in [5.41, 5.74) is 4.13. The summed E-state index contributed by atoms with van der Waals surface area (Å²) in [6.45, 7) is 6.48. The summed E-state index contributed by atoms with van der Waals surface area (Å²) in [4.78, 5) is 24.8. The normalized spacial score (nSPS) is 10.5. The van der Waals surface area contributed by atoms with Gasteiger partial charge >= 0.3 is 0 Å². The highest BCUT2D eigenvalue weighted by molar-refractivity contribution is 5.78. The Morgan fingerprint density at radius 3 is 2.24 bits per heavy atom. The number of nitrogens with one attached hydrogen (secondary N) is 2. The lowest BCUT2D eigenvalue weighted by atomic mass is 10.1. The van der Waals surface area contributed by atoms with Crippen molar-refractivity contribution in [1.29, 1.82) is 0 Å². The van der Waals surface area contributed by atoms with Crippen LogP contribution in [0.1, 0.15) is 25.0 Å². The molecule has 0 aliphatic carbocycles. The Morgan fingerprint density at radius 2 is 1.71 bits per heavy atom. The molecule has 116 valence electrons. The van der Waals surface area contributed by atoms with Crippen LogP contribution in [0.3, 0.4) is 0 Å². The van der Waals surface area contributed by atoms with Crippen molar-refractivity contribution in [2.75, 3.05) is 19.6 Å². The van der Waals surface area contributed by atoms with Crippen LogP contribution < -0.4 is 16.6 Å². The fourth-order valence-electron chi connectivity index (χ4n) is 1.99. The Bertz CT molecular complexity index is 459. The molecular formula is C15H24N4O2. The molecule has 1 rings (SSSR count). The van der Waals surface area contributed by atoms with E-state index in [0.29, 0.717) is 19.6 Å². The first-order chi connectivity index (χ1) is 10.1. The summed E-state index contributed by atoms with van der Waals surface area (Å²) in [7, 11) is 0. The van der Waals surface area contributed by atoms with Gasteiger partial charge in [0.1, 0.15) is 0 Å². The first-order valence-electron chi connectivity index (χ1n) is 7.15. The number of hydrogen-bond acceptors (Lipinski definition) is 4. The Kier molecular flexibility index (Phi) is 7.42. The molecule has 1 aromatic rings. The van der Waals surface area contributed by atoms with Gasteiger partial charge in [-0.2, -0.15) is 0 Å². The van der Waals surface area contributed by atoms with Crippen molar-refractivity contribution in [3.63, 3.8) is 0 Å². The van der Waals surface area contributed by atoms with E-state index < -0.39 is 0 Å². The number of nitrogens with zero attached hydrogens (tertiary/aromatic N) is 1. The molecule has 0 unspecified atom stereocenters. The zero-order valence-corrected chi connectivity index (χ0v) is 12.7. The van der Waals surface area contributed by atoms with Crippen molar-refractivity contribution in [2.24, 2.45) is 5.84 Å². The zero-order chi connectivity index (χ0) is 15.7. The van der Waals surface area contributed by atoms with Crippen molar-refractivity contribution in [3.8, 4) is 0 Å². The standard InChI is InChI=1S/C15H24N4O2/c1-3-17-15(21)11-19(4-2)10-13-7-5-12(6-8-13)9-14(20)18-16/h5-8H,3-4,9-11,16H2,1-2H3,(H,17,21)(H,18,20). The second kappa shape index (κ2) is 9.10. The second-order valence-corrected chi connectivity index (χ2v) is 4.82. The fraction of sp³-hybridized carbons (Fsp3) is 0.467. The lowest BCUT2D eigenvalue weighted by Crippen LogP contribution is -2.36. The van der Waals surface area contributed by atoms with Gasteiger partial charge in [0.15, 0.2) is 0 Å². The van der Waals surface area contributed by atoms with E-state index in [1.165, 1.54) is 0 Å². The quantitative estimate of drug-likeness (QED) is 0.362. The first-order valence-corrected chi connectivity index (χ1v) is 7.15. The minimum atomic E-state index is -0.214. The highest BCUT2D eigenvalue weighted by Crippen LogP contribution is 2.08. The second-order valence-electron chi connectivity index (χ2n) is 4.82. The minimum Gasteiger partial charge on any atom is -0.355 e. The zero-order valence-electron chi connectivity index (χ0n) is 12.7. The third-order valence-electron chi connectivity index (χ3n) is 3.14. The molecule has 6 nitrogen and oxygen atoms in total. The van der Waals surface area contributed by atoms with Gasteiger partial charge in [-0.3, -0.25) is 19.9 Å². The number of likely N-dealkylation sites (N-methyl/N-ethyl adjacent to an activating group) is 2. The molecule has 2 amide bonds. The molecule has 0 aliphatic heterocycles. The van der Waals surface area contributed by atoms with Crippen molar-refractivity contribution in [2.45, 2.75) is 26.8 Å². The SMILES string of the molecule is CCNC(=O)CN(CC)Cc1ccc(CC(=O)NN)cc1. The summed E-state index contributed by atoms with van der Waals surface area (Å²) < 4.78 is 0. The molecular weight excluding hydrogens is 268 g/mol. The molecule has 0 saturated carbocycles. The van der Waals surface area contributed by atoms with E-state index in [9.17, 15) is 9.59 Å². The highest BCUT2D eigenvalue weighted by Gasteiger charge is 2.09. The monoisotopic (exact) mass is 292 g/mol. The number of amides is 2. The van der Waals surface area contributed by atoms with E-state index in [1.54, 1.807) is 0 Å². The molecule has 0 fully saturated rings. The van der Waals surface area contributed by atoms with Crippen LogP contribution in [0, 0.1) is 0 Å². The largest absolute Gasteiger partial charge is 0.355 e. The van der Waals surface area contributed by atoms with Crippen LogP contribution in [0.4, 0.5) is 0 Å². The van der Waals surface area contributed by atoms with E-state index in [4.69, 9.17) is 5.84 Å². The Hall–Kier alpha value is -1.92. The lowest BCUT2D eigenvalue weighted by molar-refractivity contribution is -0.122. The van der Waals surface area contributed by atoms with Gasteiger partial charge < -0.3 is 5.32 Å². The van der Waals surface area contributed by atoms with Crippen molar-refractivity contribution in [1.82, 2.24) is 15.6 Å². The van der Waals surface area contributed by atoms with Gasteiger partial charge in [-0.15, -0.1) is 0 Å². The average Bonchev–Trinajstić information content (AvgIpc) is 2.48. The molecule has 0 spiro atoms. The smallest absolute Gasteiger partial charge is 0.238 e. The number of nitrogens with two attached hydrogens (primary N) is 1. The van der Waals surface area contributed by atoms with Gasteiger partial charge in [0.05, 0.1) is 13.0 Å². The molecule has 0 radical (unpaired) electrons. The van der Waals surface area contributed by atoms with Crippen LogP contribution in [0.5, 0.6) is 0 Å². The average molecular weight is 292 g/mol.